The molecule has 1 aromatic rings. The molecule has 3 heterocycles. The van der Waals surface area contributed by atoms with E-state index in [2.05, 4.69) is 4.98 Å². The van der Waals surface area contributed by atoms with E-state index in [4.69, 9.17) is 10.5 Å². The molecule has 1 saturated heterocycles. The number of hydrogen-bond acceptors (Lipinski definition) is 8. The van der Waals surface area contributed by atoms with Crippen molar-refractivity contribution in [3.63, 3.8) is 0 Å². The number of nitrogens with zero attached hydrogens (tertiary/aromatic N) is 2. The highest BCUT2D eigenvalue weighted by molar-refractivity contribution is 8.02. The molecule has 9 heteroatoms. The molecule has 0 spiro atoms. The second-order valence-corrected chi connectivity index (χ2v) is 9.77. The number of nitrogens with two attached hydrogens (primary N) is 1. The van der Waals surface area contributed by atoms with Crippen molar-refractivity contribution < 1.29 is 14.3 Å². The first-order valence-corrected chi connectivity index (χ1v) is 10.4. The van der Waals surface area contributed by atoms with E-state index < -0.39 is 17.6 Å². The first-order chi connectivity index (χ1) is 11.3. The quantitative estimate of drug-likeness (QED) is 0.482. The maximum atomic E-state index is 12.7. The largest absolute Gasteiger partial charge is 0.455 e. The van der Waals surface area contributed by atoms with E-state index in [9.17, 15) is 9.59 Å². The third-order valence-corrected chi connectivity index (χ3v) is 6.93. The molecule has 3 rings (SSSR count). The minimum Gasteiger partial charge on any atom is -0.455 e. The maximum Gasteiger partial charge on any atom is 0.355 e. The van der Waals surface area contributed by atoms with Gasteiger partial charge in [-0.2, -0.15) is 0 Å². The molecule has 2 aliphatic heterocycles. The van der Waals surface area contributed by atoms with Crippen LogP contribution in [0.2, 0.25) is 0 Å². The van der Waals surface area contributed by atoms with Gasteiger partial charge in [0.25, 0.3) is 0 Å². The van der Waals surface area contributed by atoms with Crippen LogP contribution in [0.3, 0.4) is 0 Å². The van der Waals surface area contributed by atoms with Crippen molar-refractivity contribution in [2.45, 2.75) is 42.0 Å². The summed E-state index contributed by atoms with van der Waals surface area (Å²) in [4.78, 5) is 30.4. The molecule has 6 nitrogen and oxygen atoms in total. The van der Waals surface area contributed by atoms with E-state index in [1.165, 1.54) is 4.90 Å². The summed E-state index contributed by atoms with van der Waals surface area (Å²) >= 11 is 4.76. The lowest BCUT2D eigenvalue weighted by molar-refractivity contribution is -0.157. The first-order valence-electron chi connectivity index (χ1n) is 7.45. The summed E-state index contributed by atoms with van der Waals surface area (Å²) in [5, 5.41) is -0.169. The standard InChI is InChI=1S/C15H19N3O3S3/c1-15(2,3)21-14(20)11-8(5-22-9-4-17-7-24-9)6-23-13-10(16)12(19)18(11)13/h4,7,10,13H,5-6,16H2,1-3H3/t10?,13-/m1/s1. The van der Waals surface area contributed by atoms with Crippen molar-refractivity contribution >= 4 is 46.7 Å². The fourth-order valence-electron chi connectivity index (χ4n) is 2.44. The number of rotatable bonds is 4. The van der Waals surface area contributed by atoms with Crippen molar-refractivity contribution in [3.8, 4) is 0 Å². The summed E-state index contributed by atoms with van der Waals surface area (Å²) in [6.45, 7) is 5.45. The average molecular weight is 386 g/mol. The Labute approximate surface area is 153 Å². The van der Waals surface area contributed by atoms with Crippen molar-refractivity contribution in [2.24, 2.45) is 5.73 Å². The topological polar surface area (TPSA) is 85.5 Å². The lowest BCUT2D eigenvalue weighted by Gasteiger charge is -2.48. The van der Waals surface area contributed by atoms with Crippen molar-refractivity contribution in [3.05, 3.63) is 23.0 Å². The Kier molecular flexibility index (Phi) is 4.96. The zero-order chi connectivity index (χ0) is 17.5. The number of fused-ring (bicyclic) bond motifs is 1. The van der Waals surface area contributed by atoms with Crippen LogP contribution in [0.25, 0.3) is 0 Å². The maximum absolute atomic E-state index is 12.7. The van der Waals surface area contributed by atoms with Gasteiger partial charge < -0.3 is 10.5 Å². The molecule has 1 aromatic heterocycles. The molecule has 2 N–H and O–H groups in total. The van der Waals surface area contributed by atoms with Gasteiger partial charge in [0.1, 0.15) is 22.7 Å². The van der Waals surface area contributed by atoms with Gasteiger partial charge in [0.15, 0.2) is 0 Å². The molecule has 0 radical (unpaired) electrons. The van der Waals surface area contributed by atoms with E-state index in [-0.39, 0.29) is 11.3 Å². The Morgan fingerprint density at radius 1 is 1.54 bits per heavy atom. The summed E-state index contributed by atoms with van der Waals surface area (Å²) < 4.78 is 6.59. The Morgan fingerprint density at radius 2 is 2.29 bits per heavy atom. The Balaban J connectivity index is 1.86. The third kappa shape index (κ3) is 3.49. The van der Waals surface area contributed by atoms with Gasteiger partial charge in [-0.15, -0.1) is 34.9 Å². The molecule has 2 atom stereocenters. The number of carbonyl (C=O) groups excluding carboxylic acids is 2. The molecule has 0 aromatic carbocycles. The van der Waals surface area contributed by atoms with Crippen LogP contribution in [0.4, 0.5) is 0 Å². The highest BCUT2D eigenvalue weighted by Crippen LogP contribution is 2.41. The minimum atomic E-state index is -0.615. The summed E-state index contributed by atoms with van der Waals surface area (Å²) in [7, 11) is 0. The molecule has 1 amide bonds. The number of amides is 1. The van der Waals surface area contributed by atoms with Gasteiger partial charge in [-0.1, -0.05) is 0 Å². The first kappa shape index (κ1) is 17.8. The zero-order valence-electron chi connectivity index (χ0n) is 13.6. The van der Waals surface area contributed by atoms with Crippen LogP contribution in [0, 0.1) is 0 Å². The molecule has 1 unspecified atom stereocenters. The van der Waals surface area contributed by atoms with Crippen LogP contribution < -0.4 is 5.73 Å². The van der Waals surface area contributed by atoms with Crippen LogP contribution in [-0.2, 0) is 14.3 Å². The molecule has 0 saturated carbocycles. The normalized spacial score (nSPS) is 23.8. The Hall–Kier alpha value is -1.03. The van der Waals surface area contributed by atoms with Gasteiger partial charge in [0, 0.05) is 11.5 Å². The van der Waals surface area contributed by atoms with E-state index in [1.807, 2.05) is 20.8 Å². The van der Waals surface area contributed by atoms with E-state index in [0.717, 1.165) is 9.78 Å². The highest BCUT2D eigenvalue weighted by atomic mass is 32.2. The van der Waals surface area contributed by atoms with Crippen LogP contribution in [-0.4, -0.2) is 50.3 Å². The molecule has 0 aliphatic carbocycles. The van der Waals surface area contributed by atoms with E-state index >= 15 is 0 Å². The number of aromatic nitrogens is 1. The molecule has 130 valence electrons. The molecule has 2 aliphatic rings. The number of thioether (sulfide) groups is 2. The van der Waals surface area contributed by atoms with Gasteiger partial charge in [-0.05, 0) is 26.3 Å². The van der Waals surface area contributed by atoms with Crippen LogP contribution in [0.5, 0.6) is 0 Å². The predicted molar refractivity (Wildman–Crippen MR) is 96.8 cm³/mol. The summed E-state index contributed by atoms with van der Waals surface area (Å²) in [6.07, 6.45) is 1.80. The number of carbonyl (C=O) groups is 2. The van der Waals surface area contributed by atoms with Gasteiger partial charge in [-0.25, -0.2) is 4.79 Å². The van der Waals surface area contributed by atoms with Crippen molar-refractivity contribution in [2.75, 3.05) is 11.5 Å². The highest BCUT2D eigenvalue weighted by Gasteiger charge is 2.52. The number of β-lactam (4-membered cyclic amide) rings is 1. The summed E-state index contributed by atoms with van der Waals surface area (Å²) in [5.41, 5.74) is 8.30. The Bertz CT molecular complexity index is 682. The molecule has 0 bridgehead atoms. The van der Waals surface area contributed by atoms with Gasteiger partial charge in [-0.3, -0.25) is 14.7 Å². The van der Waals surface area contributed by atoms with Gasteiger partial charge >= 0.3 is 5.97 Å². The van der Waals surface area contributed by atoms with Crippen LogP contribution in [0.1, 0.15) is 20.8 Å². The Morgan fingerprint density at radius 3 is 2.92 bits per heavy atom. The number of hydrogen-bond donors (Lipinski definition) is 1. The predicted octanol–water partition coefficient (Wildman–Crippen LogP) is 2.07. The minimum absolute atomic E-state index is 0.169. The lowest BCUT2D eigenvalue weighted by atomic mass is 10.0. The SMILES string of the molecule is CC(C)(C)OC(=O)C1=C(CSc2cncs2)CS[C@@H]2C(N)C(=O)N12. The van der Waals surface area contributed by atoms with Crippen molar-refractivity contribution in [1.29, 1.82) is 0 Å². The molecule has 1 fully saturated rings. The number of esters is 1. The van der Waals surface area contributed by atoms with Crippen molar-refractivity contribution in [1.82, 2.24) is 9.88 Å². The van der Waals surface area contributed by atoms with E-state index in [0.29, 0.717) is 17.2 Å². The smallest absolute Gasteiger partial charge is 0.355 e. The van der Waals surface area contributed by atoms with Gasteiger partial charge in [0.2, 0.25) is 5.91 Å². The van der Waals surface area contributed by atoms with E-state index in [1.54, 1.807) is 46.6 Å². The number of ether oxygens (including phenoxy) is 1. The third-order valence-electron chi connectivity index (χ3n) is 3.48. The number of thiazole rings is 1. The molecular weight excluding hydrogens is 366 g/mol. The second-order valence-electron chi connectivity index (χ2n) is 6.50. The monoisotopic (exact) mass is 385 g/mol. The fourth-order valence-corrected chi connectivity index (χ4v) is 5.48. The van der Waals surface area contributed by atoms with Crippen LogP contribution >= 0.6 is 34.9 Å². The average Bonchev–Trinajstić information content (AvgIpc) is 3.02. The second kappa shape index (κ2) is 6.70. The zero-order valence-corrected chi connectivity index (χ0v) is 16.1. The summed E-state index contributed by atoms with van der Waals surface area (Å²) in [6, 6.07) is -0.539. The van der Waals surface area contributed by atoms with Crippen LogP contribution in [0.15, 0.2) is 27.2 Å². The van der Waals surface area contributed by atoms with Gasteiger partial charge in [0.05, 0.1) is 15.9 Å². The fraction of sp³-hybridized carbons (Fsp3) is 0.533. The molecule has 24 heavy (non-hydrogen) atoms. The summed E-state index contributed by atoms with van der Waals surface area (Å²) in [5.74, 6) is 0.624. The molecular formula is C15H19N3O3S3. The lowest BCUT2D eigenvalue weighted by Crippen LogP contribution is -2.68.